The molecule has 0 heterocycles. The number of amides is 1. The number of carbonyl (C=O) groups is 2. The van der Waals surface area contributed by atoms with Crippen molar-refractivity contribution >= 4 is 34.0 Å². The zero-order valence-corrected chi connectivity index (χ0v) is 21.1. The lowest BCUT2D eigenvalue weighted by atomic mass is 10.1. The smallest absolute Gasteiger partial charge is 0.343 e. The van der Waals surface area contributed by atoms with E-state index in [1.165, 1.54) is 6.21 Å². The molecule has 0 saturated heterocycles. The summed E-state index contributed by atoms with van der Waals surface area (Å²) in [5, 5.41) is 3.99. The van der Waals surface area contributed by atoms with Gasteiger partial charge in [-0.3, -0.25) is 4.79 Å². The van der Waals surface area contributed by atoms with E-state index in [2.05, 4.69) is 26.5 Å². The van der Waals surface area contributed by atoms with E-state index in [9.17, 15) is 9.59 Å². The van der Waals surface area contributed by atoms with Crippen LogP contribution in [0.2, 0.25) is 0 Å². The zero-order valence-electron chi connectivity index (χ0n) is 19.5. The highest BCUT2D eigenvalue weighted by atomic mass is 79.9. The summed E-state index contributed by atoms with van der Waals surface area (Å²) in [5.41, 5.74) is 6.51. The average Bonchev–Trinajstić information content (AvgIpc) is 2.90. The summed E-state index contributed by atoms with van der Waals surface area (Å²) in [6, 6.07) is 29.8. The topological polar surface area (TPSA) is 77.0 Å². The van der Waals surface area contributed by atoms with Crippen molar-refractivity contribution in [1.82, 2.24) is 5.43 Å². The molecule has 0 bridgehead atoms. The Hall–Kier alpha value is -4.23. The molecule has 0 aliphatic carbocycles. The second-order valence-corrected chi connectivity index (χ2v) is 8.83. The normalized spacial score (nSPS) is 10.7. The highest BCUT2D eigenvalue weighted by Gasteiger charge is 2.12. The largest absolute Gasteiger partial charge is 0.484 e. The van der Waals surface area contributed by atoms with E-state index in [0.29, 0.717) is 22.6 Å². The maximum absolute atomic E-state index is 12.5. The third-order valence-corrected chi connectivity index (χ3v) is 5.65. The Morgan fingerprint density at radius 2 is 1.64 bits per heavy atom. The molecule has 1 N–H and O–H groups in total. The molecule has 0 saturated carbocycles. The Morgan fingerprint density at radius 3 is 2.39 bits per heavy atom. The Balaban J connectivity index is 1.33. The lowest BCUT2D eigenvalue weighted by molar-refractivity contribution is -0.123. The number of nitrogens with zero attached hydrogens (tertiary/aromatic N) is 1. The summed E-state index contributed by atoms with van der Waals surface area (Å²) >= 11 is 3.40. The second kappa shape index (κ2) is 12.0. The predicted molar refractivity (Wildman–Crippen MR) is 143 cm³/mol. The van der Waals surface area contributed by atoms with Crippen LogP contribution in [0.25, 0.3) is 11.1 Å². The van der Waals surface area contributed by atoms with E-state index in [1.54, 1.807) is 36.4 Å². The SMILES string of the molecule is Cc1cccc(C(=O)Oc2ccc(Br)cc2/C=N\NC(=O)COc2ccc(-c3ccccc3)cc2)c1. The fourth-order valence-corrected chi connectivity index (χ4v) is 3.75. The molecule has 180 valence electrons. The van der Waals surface area contributed by atoms with Gasteiger partial charge < -0.3 is 9.47 Å². The number of nitrogens with one attached hydrogen (secondary N) is 1. The van der Waals surface area contributed by atoms with Gasteiger partial charge in [0.1, 0.15) is 11.5 Å². The Bertz CT molecular complexity index is 1390. The molecule has 0 aliphatic heterocycles. The van der Waals surface area contributed by atoms with E-state index in [-0.39, 0.29) is 6.61 Å². The summed E-state index contributed by atoms with van der Waals surface area (Å²) in [4.78, 5) is 24.7. The zero-order chi connectivity index (χ0) is 25.3. The van der Waals surface area contributed by atoms with Crippen molar-refractivity contribution in [2.45, 2.75) is 6.92 Å². The van der Waals surface area contributed by atoms with Crippen LogP contribution in [-0.2, 0) is 4.79 Å². The van der Waals surface area contributed by atoms with Gasteiger partial charge in [-0.2, -0.15) is 5.10 Å². The van der Waals surface area contributed by atoms with Crippen molar-refractivity contribution in [2.75, 3.05) is 6.61 Å². The quantitative estimate of drug-likeness (QED) is 0.125. The number of benzene rings is 4. The summed E-state index contributed by atoms with van der Waals surface area (Å²) in [7, 11) is 0. The maximum atomic E-state index is 12.5. The molecule has 0 unspecified atom stereocenters. The molecule has 1 amide bonds. The van der Waals surface area contributed by atoms with Crippen molar-refractivity contribution in [1.29, 1.82) is 0 Å². The van der Waals surface area contributed by atoms with Gasteiger partial charge in [0.15, 0.2) is 6.61 Å². The number of ether oxygens (including phenoxy) is 2. The van der Waals surface area contributed by atoms with Gasteiger partial charge in [-0.1, -0.05) is 76.1 Å². The van der Waals surface area contributed by atoms with Gasteiger partial charge >= 0.3 is 5.97 Å². The first-order valence-electron chi connectivity index (χ1n) is 11.2. The number of esters is 1. The molecule has 36 heavy (non-hydrogen) atoms. The molecule has 4 rings (SSSR count). The fourth-order valence-electron chi connectivity index (χ4n) is 3.37. The lowest BCUT2D eigenvalue weighted by Gasteiger charge is -2.09. The average molecular weight is 543 g/mol. The summed E-state index contributed by atoms with van der Waals surface area (Å²) in [5.74, 6) is -0.0123. The van der Waals surface area contributed by atoms with Gasteiger partial charge in [-0.25, -0.2) is 10.2 Å². The minimum absolute atomic E-state index is 0.199. The molecular formula is C29H23BrN2O4. The molecule has 0 spiro atoms. The van der Waals surface area contributed by atoms with Crippen molar-refractivity contribution in [3.8, 4) is 22.6 Å². The van der Waals surface area contributed by atoms with E-state index >= 15 is 0 Å². The molecule has 4 aromatic rings. The van der Waals surface area contributed by atoms with Crippen LogP contribution >= 0.6 is 15.9 Å². The maximum Gasteiger partial charge on any atom is 0.343 e. The molecule has 4 aromatic carbocycles. The Labute approximate surface area is 217 Å². The first-order chi connectivity index (χ1) is 17.5. The summed E-state index contributed by atoms with van der Waals surface area (Å²) in [6.07, 6.45) is 1.41. The van der Waals surface area contributed by atoms with Crippen LogP contribution in [-0.4, -0.2) is 24.7 Å². The predicted octanol–water partition coefficient (Wildman–Crippen LogP) is 6.17. The molecule has 0 radical (unpaired) electrons. The van der Waals surface area contributed by atoms with Gasteiger partial charge in [0.05, 0.1) is 11.8 Å². The van der Waals surface area contributed by atoms with Crippen molar-refractivity contribution < 1.29 is 19.1 Å². The van der Waals surface area contributed by atoms with Crippen LogP contribution in [0.15, 0.2) is 107 Å². The minimum Gasteiger partial charge on any atom is -0.484 e. The number of hydrogen-bond acceptors (Lipinski definition) is 5. The van der Waals surface area contributed by atoms with E-state index < -0.39 is 11.9 Å². The van der Waals surface area contributed by atoms with Gasteiger partial charge in [0.2, 0.25) is 0 Å². The lowest BCUT2D eigenvalue weighted by Crippen LogP contribution is -2.24. The van der Waals surface area contributed by atoms with Gasteiger partial charge in [0, 0.05) is 10.0 Å². The van der Waals surface area contributed by atoms with Gasteiger partial charge in [-0.05, 0) is 60.5 Å². The van der Waals surface area contributed by atoms with Crippen LogP contribution in [0, 0.1) is 6.92 Å². The van der Waals surface area contributed by atoms with E-state index in [4.69, 9.17) is 9.47 Å². The molecular weight excluding hydrogens is 520 g/mol. The molecule has 7 heteroatoms. The minimum atomic E-state index is -0.480. The van der Waals surface area contributed by atoms with E-state index in [0.717, 1.165) is 21.2 Å². The Kier molecular flexibility index (Phi) is 8.26. The first kappa shape index (κ1) is 24.9. The van der Waals surface area contributed by atoms with Gasteiger partial charge in [0.25, 0.3) is 5.91 Å². The Morgan fingerprint density at radius 1 is 0.889 bits per heavy atom. The number of rotatable bonds is 8. The number of hydrazone groups is 1. The standard InChI is InChI=1S/C29H23BrN2O4/c1-20-6-5-9-23(16-20)29(34)36-27-15-12-25(30)17-24(27)18-31-32-28(33)19-35-26-13-10-22(11-14-26)21-7-3-2-4-8-21/h2-18H,19H2,1H3,(H,32,33)/b31-18-. The summed E-state index contributed by atoms with van der Waals surface area (Å²) in [6.45, 7) is 1.70. The van der Waals surface area contributed by atoms with Crippen LogP contribution in [0.3, 0.4) is 0 Å². The fraction of sp³-hybridized carbons (Fsp3) is 0.0690. The van der Waals surface area contributed by atoms with E-state index in [1.807, 2.05) is 67.6 Å². The van der Waals surface area contributed by atoms with Crippen molar-refractivity contribution in [3.05, 3.63) is 118 Å². The number of halogens is 1. The van der Waals surface area contributed by atoms with Crippen LogP contribution in [0.1, 0.15) is 21.5 Å². The first-order valence-corrected chi connectivity index (χ1v) is 12.0. The molecule has 0 aromatic heterocycles. The van der Waals surface area contributed by atoms with Crippen LogP contribution in [0.5, 0.6) is 11.5 Å². The molecule has 6 nitrogen and oxygen atoms in total. The third-order valence-electron chi connectivity index (χ3n) is 5.15. The third kappa shape index (κ3) is 6.90. The second-order valence-electron chi connectivity index (χ2n) is 7.91. The number of aryl methyl sites for hydroxylation is 1. The highest BCUT2D eigenvalue weighted by molar-refractivity contribution is 9.10. The molecule has 0 fully saturated rings. The van der Waals surface area contributed by atoms with Gasteiger partial charge in [-0.15, -0.1) is 0 Å². The monoisotopic (exact) mass is 542 g/mol. The van der Waals surface area contributed by atoms with Crippen molar-refractivity contribution in [2.24, 2.45) is 5.10 Å². The molecule has 0 atom stereocenters. The summed E-state index contributed by atoms with van der Waals surface area (Å²) < 4.78 is 11.9. The van der Waals surface area contributed by atoms with Crippen LogP contribution in [0.4, 0.5) is 0 Å². The van der Waals surface area contributed by atoms with Crippen LogP contribution < -0.4 is 14.9 Å². The van der Waals surface area contributed by atoms with Crippen molar-refractivity contribution in [3.63, 3.8) is 0 Å². The molecule has 0 aliphatic rings. The number of hydrogen-bond donors (Lipinski definition) is 1. The highest BCUT2D eigenvalue weighted by Crippen LogP contribution is 2.24. The number of carbonyl (C=O) groups excluding carboxylic acids is 2.